The van der Waals surface area contributed by atoms with E-state index in [2.05, 4.69) is 0 Å². The Morgan fingerprint density at radius 2 is 1.69 bits per heavy atom. The summed E-state index contributed by atoms with van der Waals surface area (Å²) in [5.74, 6) is -1.65. The molecule has 0 amide bonds. The third kappa shape index (κ3) is 4.95. The molecule has 0 unspecified atom stereocenters. The number of ether oxygens (including phenoxy) is 1. The summed E-state index contributed by atoms with van der Waals surface area (Å²) in [6.45, 7) is 1.30. The third-order valence-corrected chi connectivity index (χ3v) is 3.46. The van der Waals surface area contributed by atoms with Crippen molar-refractivity contribution >= 4 is 17.8 Å². The fourth-order valence-electron chi connectivity index (χ4n) is 2.11. The molecule has 136 valence electrons. The lowest BCUT2D eigenvalue weighted by molar-refractivity contribution is -0.312. The van der Waals surface area contributed by atoms with Gasteiger partial charge in [0.1, 0.15) is 11.9 Å². The molecule has 0 spiro atoms. The number of allylic oxidation sites excluding steroid dienone is 1. The van der Waals surface area contributed by atoms with E-state index in [0.717, 1.165) is 18.2 Å². The van der Waals surface area contributed by atoms with Crippen molar-refractivity contribution in [2.24, 2.45) is 0 Å². The van der Waals surface area contributed by atoms with Crippen LogP contribution in [-0.2, 0) is 11.0 Å². The highest BCUT2D eigenvalue weighted by Gasteiger charge is 2.32. The molecule has 0 fully saturated rings. The lowest BCUT2D eigenvalue weighted by Crippen LogP contribution is -2.37. The first-order valence-corrected chi connectivity index (χ1v) is 7.54. The Balaban J connectivity index is 2.13. The van der Waals surface area contributed by atoms with E-state index >= 15 is 0 Å². The van der Waals surface area contributed by atoms with Gasteiger partial charge in [-0.3, -0.25) is 4.79 Å². The summed E-state index contributed by atoms with van der Waals surface area (Å²) in [7, 11) is 0. The number of halogens is 3. The average Bonchev–Trinajstić information content (AvgIpc) is 2.59. The standard InChI is InChI=1S/C19H15F3O4/c1-12(18(24)25)26-15-9-6-14(7-10-15)17(23)11-8-13-4-2-3-5-16(13)19(20,21)22/h2-12H,1H3,(H,24,25)/p-1/b11-8+/t12-/m0/s1. The zero-order chi connectivity index (χ0) is 19.3. The first-order valence-electron chi connectivity index (χ1n) is 7.54. The number of carboxylic acid groups (broad SMARTS) is 1. The highest BCUT2D eigenvalue weighted by atomic mass is 19.4. The van der Waals surface area contributed by atoms with Crippen LogP contribution in [0.15, 0.2) is 54.6 Å². The van der Waals surface area contributed by atoms with E-state index in [9.17, 15) is 27.9 Å². The number of carboxylic acids is 1. The summed E-state index contributed by atoms with van der Waals surface area (Å²) >= 11 is 0. The van der Waals surface area contributed by atoms with E-state index in [4.69, 9.17) is 4.74 Å². The van der Waals surface area contributed by atoms with Crippen LogP contribution < -0.4 is 9.84 Å². The largest absolute Gasteiger partial charge is 0.546 e. The fourth-order valence-corrected chi connectivity index (χ4v) is 2.11. The molecule has 0 heterocycles. The summed E-state index contributed by atoms with van der Waals surface area (Å²) in [5, 5.41) is 10.6. The van der Waals surface area contributed by atoms with Crippen molar-refractivity contribution in [1.82, 2.24) is 0 Å². The molecule has 0 saturated heterocycles. The number of ketones is 1. The van der Waals surface area contributed by atoms with Gasteiger partial charge in [-0.2, -0.15) is 13.2 Å². The van der Waals surface area contributed by atoms with Crippen molar-refractivity contribution in [2.75, 3.05) is 0 Å². The lowest BCUT2D eigenvalue weighted by Gasteiger charge is -2.15. The third-order valence-electron chi connectivity index (χ3n) is 3.46. The fraction of sp³-hybridized carbons (Fsp3) is 0.158. The summed E-state index contributed by atoms with van der Waals surface area (Å²) in [5.41, 5.74) is -0.723. The Hall–Kier alpha value is -3.09. The van der Waals surface area contributed by atoms with E-state index < -0.39 is 29.6 Å². The molecule has 26 heavy (non-hydrogen) atoms. The first kappa shape index (κ1) is 19.2. The topological polar surface area (TPSA) is 66.4 Å². The van der Waals surface area contributed by atoms with Crippen LogP contribution >= 0.6 is 0 Å². The summed E-state index contributed by atoms with van der Waals surface area (Å²) < 4.78 is 43.8. The van der Waals surface area contributed by atoms with E-state index in [1.807, 2.05) is 0 Å². The van der Waals surface area contributed by atoms with Crippen molar-refractivity contribution in [3.8, 4) is 5.75 Å². The number of carbonyl (C=O) groups excluding carboxylic acids is 2. The molecule has 0 aliphatic rings. The predicted octanol–water partition coefficient (Wildman–Crippen LogP) is 3.12. The molecular formula is C19H14F3O4-. The smallest absolute Gasteiger partial charge is 0.416 e. The van der Waals surface area contributed by atoms with Crippen molar-refractivity contribution in [1.29, 1.82) is 0 Å². The highest BCUT2D eigenvalue weighted by molar-refractivity contribution is 6.06. The zero-order valence-electron chi connectivity index (χ0n) is 13.6. The molecule has 1 atom stereocenters. The van der Waals surface area contributed by atoms with E-state index in [0.29, 0.717) is 0 Å². The zero-order valence-corrected chi connectivity index (χ0v) is 13.6. The van der Waals surface area contributed by atoms with Gasteiger partial charge in [-0.25, -0.2) is 0 Å². The molecule has 2 aromatic rings. The van der Waals surface area contributed by atoms with Gasteiger partial charge < -0.3 is 14.6 Å². The van der Waals surface area contributed by atoms with Crippen LogP contribution in [0.2, 0.25) is 0 Å². The number of hydrogen-bond donors (Lipinski definition) is 0. The number of aliphatic carboxylic acids is 1. The molecular weight excluding hydrogens is 349 g/mol. The molecule has 0 radical (unpaired) electrons. The predicted molar refractivity (Wildman–Crippen MR) is 86.3 cm³/mol. The van der Waals surface area contributed by atoms with Gasteiger partial charge in [0.25, 0.3) is 0 Å². The summed E-state index contributed by atoms with van der Waals surface area (Å²) in [6.07, 6.45) is -3.52. The van der Waals surface area contributed by atoms with Crippen molar-refractivity contribution in [2.45, 2.75) is 19.2 Å². The second-order valence-corrected chi connectivity index (χ2v) is 5.39. The molecule has 0 aliphatic heterocycles. The van der Waals surface area contributed by atoms with Gasteiger partial charge in [-0.1, -0.05) is 24.3 Å². The monoisotopic (exact) mass is 363 g/mol. The Morgan fingerprint density at radius 1 is 1.08 bits per heavy atom. The Kier molecular flexibility index (Phi) is 5.82. The van der Waals surface area contributed by atoms with Gasteiger partial charge in [0, 0.05) is 5.56 Å². The first-order chi connectivity index (χ1) is 12.2. The van der Waals surface area contributed by atoms with Gasteiger partial charge in [-0.15, -0.1) is 0 Å². The van der Waals surface area contributed by atoms with E-state index in [1.54, 1.807) is 0 Å². The molecule has 2 aromatic carbocycles. The number of hydrogen-bond acceptors (Lipinski definition) is 4. The van der Waals surface area contributed by atoms with Crippen LogP contribution in [0.1, 0.15) is 28.4 Å². The molecule has 0 bridgehead atoms. The molecule has 0 aromatic heterocycles. The maximum Gasteiger partial charge on any atom is 0.416 e. The highest BCUT2D eigenvalue weighted by Crippen LogP contribution is 2.32. The summed E-state index contributed by atoms with van der Waals surface area (Å²) in [4.78, 5) is 22.7. The Bertz CT molecular complexity index is 823. The molecule has 0 saturated carbocycles. The minimum absolute atomic E-state index is 0.115. The molecule has 0 N–H and O–H groups in total. The normalized spacial score (nSPS) is 12.8. The number of rotatable bonds is 6. The van der Waals surface area contributed by atoms with Gasteiger partial charge in [0.2, 0.25) is 0 Å². The summed E-state index contributed by atoms with van der Waals surface area (Å²) in [6, 6.07) is 10.5. The van der Waals surface area contributed by atoms with Gasteiger partial charge in [0.05, 0.1) is 11.5 Å². The molecule has 0 aliphatic carbocycles. The SMILES string of the molecule is C[C@H](Oc1ccc(C(=O)/C=C/c2ccccc2C(F)(F)F)cc1)C(=O)[O-]. The van der Waals surface area contributed by atoms with Crippen LogP contribution in [-0.4, -0.2) is 17.9 Å². The van der Waals surface area contributed by atoms with Gasteiger partial charge in [-0.05, 0) is 48.9 Å². The molecule has 4 nitrogen and oxygen atoms in total. The molecule has 2 rings (SSSR count). The minimum Gasteiger partial charge on any atom is -0.546 e. The lowest BCUT2D eigenvalue weighted by atomic mass is 10.0. The maximum absolute atomic E-state index is 12.9. The van der Waals surface area contributed by atoms with E-state index in [1.165, 1.54) is 49.4 Å². The van der Waals surface area contributed by atoms with Crippen molar-refractivity contribution in [3.63, 3.8) is 0 Å². The van der Waals surface area contributed by atoms with Gasteiger partial charge in [0.15, 0.2) is 5.78 Å². The number of alkyl halides is 3. The van der Waals surface area contributed by atoms with Crippen LogP contribution in [0.3, 0.4) is 0 Å². The van der Waals surface area contributed by atoms with Gasteiger partial charge >= 0.3 is 6.18 Å². The average molecular weight is 363 g/mol. The minimum atomic E-state index is -4.52. The molecule has 7 heteroatoms. The quantitative estimate of drug-likeness (QED) is 0.584. The second-order valence-electron chi connectivity index (χ2n) is 5.39. The van der Waals surface area contributed by atoms with E-state index in [-0.39, 0.29) is 16.9 Å². The Labute approximate surface area is 147 Å². The Morgan fingerprint density at radius 3 is 2.27 bits per heavy atom. The number of benzene rings is 2. The van der Waals surface area contributed by atoms with Crippen molar-refractivity contribution in [3.05, 3.63) is 71.3 Å². The van der Waals surface area contributed by atoms with Crippen molar-refractivity contribution < 1.29 is 32.6 Å². The maximum atomic E-state index is 12.9. The van der Waals surface area contributed by atoms with Crippen LogP contribution in [0, 0.1) is 0 Å². The number of carbonyl (C=O) groups is 2. The van der Waals surface area contributed by atoms with Crippen LogP contribution in [0.4, 0.5) is 13.2 Å². The van der Waals surface area contributed by atoms with Crippen LogP contribution in [0.25, 0.3) is 6.08 Å². The second kappa shape index (κ2) is 7.86. The van der Waals surface area contributed by atoms with Crippen LogP contribution in [0.5, 0.6) is 5.75 Å².